The van der Waals surface area contributed by atoms with Gasteiger partial charge in [0.05, 0.1) is 6.61 Å². The second-order valence-electron chi connectivity index (χ2n) is 6.44. The number of ether oxygens (including phenoxy) is 2. The number of esters is 1. The molecule has 0 aliphatic rings. The number of carbonyl (C=O) groups is 1. The fourth-order valence-electron chi connectivity index (χ4n) is 2.88. The van der Waals surface area contributed by atoms with Gasteiger partial charge in [-0.05, 0) is 42.3 Å². The molecular weight excluding hydrogens is 383 g/mol. The van der Waals surface area contributed by atoms with E-state index in [9.17, 15) is 18.0 Å². The van der Waals surface area contributed by atoms with Crippen molar-refractivity contribution in [3.8, 4) is 0 Å². The van der Waals surface area contributed by atoms with Crippen molar-refractivity contribution in [1.29, 1.82) is 0 Å². The summed E-state index contributed by atoms with van der Waals surface area (Å²) in [6.07, 6.45) is -2.57. The van der Waals surface area contributed by atoms with Crippen molar-refractivity contribution in [3.05, 3.63) is 77.2 Å². The summed E-state index contributed by atoms with van der Waals surface area (Å²) in [5, 5.41) is 0.878. The van der Waals surface area contributed by atoms with E-state index in [1.54, 1.807) is 19.1 Å². The van der Waals surface area contributed by atoms with Crippen LogP contribution in [0.25, 0.3) is 17.0 Å². The fourth-order valence-corrected chi connectivity index (χ4v) is 2.88. The Kier molecular flexibility index (Phi) is 6.26. The van der Waals surface area contributed by atoms with Crippen molar-refractivity contribution in [2.75, 3.05) is 13.2 Å². The fraction of sp³-hybridized carbons (Fsp3) is 0.227. The Morgan fingerprint density at radius 1 is 1.07 bits per heavy atom. The first-order valence-corrected chi connectivity index (χ1v) is 9.08. The number of benzene rings is 2. The summed E-state index contributed by atoms with van der Waals surface area (Å²) in [4.78, 5) is 15.3. The quantitative estimate of drug-likeness (QED) is 0.333. The maximum Gasteiger partial charge on any atom is 0.422 e. The average Bonchev–Trinajstić information content (AvgIpc) is 3.06. The maximum absolute atomic E-state index is 12.5. The van der Waals surface area contributed by atoms with Gasteiger partial charge in [-0.15, -0.1) is 0 Å². The molecule has 0 saturated carbocycles. The highest BCUT2D eigenvalue weighted by Gasteiger charge is 2.30. The van der Waals surface area contributed by atoms with Gasteiger partial charge in [-0.25, -0.2) is 4.79 Å². The lowest BCUT2D eigenvalue weighted by Gasteiger charge is -2.11. The highest BCUT2D eigenvalue weighted by atomic mass is 19.4. The van der Waals surface area contributed by atoms with Crippen molar-refractivity contribution in [2.24, 2.45) is 0 Å². The smallest absolute Gasteiger partial charge is 0.422 e. The van der Waals surface area contributed by atoms with E-state index in [1.165, 1.54) is 6.08 Å². The first-order chi connectivity index (χ1) is 13.8. The maximum atomic E-state index is 12.5. The molecule has 152 valence electrons. The van der Waals surface area contributed by atoms with Gasteiger partial charge >= 0.3 is 12.1 Å². The number of hydrogen-bond acceptors (Lipinski definition) is 3. The number of fused-ring (bicyclic) bond motifs is 1. The van der Waals surface area contributed by atoms with Crippen molar-refractivity contribution < 1.29 is 27.4 Å². The largest absolute Gasteiger partial charge is 0.477 e. The monoisotopic (exact) mass is 403 g/mol. The molecule has 0 aliphatic heterocycles. The molecule has 1 heterocycles. The van der Waals surface area contributed by atoms with Crippen LogP contribution in [-0.2, 0) is 20.7 Å². The lowest BCUT2D eigenvalue weighted by Crippen LogP contribution is -2.20. The summed E-state index contributed by atoms with van der Waals surface area (Å²) in [6, 6.07) is 17.2. The van der Waals surface area contributed by atoms with E-state index in [1.807, 2.05) is 42.5 Å². The second kappa shape index (κ2) is 8.86. The van der Waals surface area contributed by atoms with Crippen LogP contribution < -0.4 is 0 Å². The Labute approximate surface area is 165 Å². The Morgan fingerprint density at radius 2 is 1.83 bits per heavy atom. The van der Waals surface area contributed by atoms with Gasteiger partial charge in [-0.1, -0.05) is 36.4 Å². The molecule has 0 unspecified atom stereocenters. The number of H-pyrrole nitrogens is 1. The zero-order valence-corrected chi connectivity index (χ0v) is 15.8. The van der Waals surface area contributed by atoms with Crippen LogP contribution in [0.15, 0.2) is 60.4 Å². The number of rotatable bonds is 7. The van der Waals surface area contributed by atoms with Crippen LogP contribution in [-0.4, -0.2) is 30.3 Å². The summed E-state index contributed by atoms with van der Waals surface area (Å²) in [5.74, 6) is -1.42. The molecule has 2 aromatic carbocycles. The molecule has 0 saturated heterocycles. The molecule has 0 amide bonds. The zero-order chi connectivity index (χ0) is 20.9. The minimum atomic E-state index is -4.55. The molecule has 0 atom stereocenters. The van der Waals surface area contributed by atoms with Gasteiger partial charge in [0.15, 0.2) is 6.61 Å². The Balaban J connectivity index is 1.85. The van der Waals surface area contributed by atoms with Crippen LogP contribution in [0.2, 0.25) is 0 Å². The highest BCUT2D eigenvalue weighted by molar-refractivity contribution is 5.92. The molecule has 7 heteroatoms. The lowest BCUT2D eigenvalue weighted by molar-refractivity contribution is -0.170. The lowest BCUT2D eigenvalue weighted by atomic mass is 10.1. The Morgan fingerprint density at radius 3 is 2.52 bits per heavy atom. The number of hydrogen-bond donors (Lipinski definition) is 1. The number of aromatic nitrogens is 1. The molecule has 1 N–H and O–H groups in total. The van der Waals surface area contributed by atoms with E-state index in [0.717, 1.165) is 28.6 Å². The third-order valence-corrected chi connectivity index (χ3v) is 4.10. The molecule has 1 aromatic heterocycles. The molecule has 4 nitrogen and oxygen atoms in total. The number of aromatic amines is 1. The van der Waals surface area contributed by atoms with Crippen LogP contribution in [0.3, 0.4) is 0 Å². The number of nitrogens with one attached hydrogen (secondary N) is 1. The molecule has 0 bridgehead atoms. The van der Waals surface area contributed by atoms with Gasteiger partial charge in [0.25, 0.3) is 0 Å². The highest BCUT2D eigenvalue weighted by Crippen LogP contribution is 2.22. The van der Waals surface area contributed by atoms with Crippen LogP contribution in [0.4, 0.5) is 13.2 Å². The number of carbonyl (C=O) groups excluding carboxylic acids is 1. The van der Waals surface area contributed by atoms with E-state index in [-0.39, 0.29) is 6.61 Å². The summed E-state index contributed by atoms with van der Waals surface area (Å²) >= 11 is 0. The number of halogens is 3. The van der Waals surface area contributed by atoms with Gasteiger partial charge < -0.3 is 14.5 Å². The molecule has 3 aromatic rings. The van der Waals surface area contributed by atoms with Crippen LogP contribution in [0.1, 0.15) is 23.7 Å². The van der Waals surface area contributed by atoms with Crippen molar-refractivity contribution in [3.63, 3.8) is 0 Å². The van der Waals surface area contributed by atoms with E-state index in [2.05, 4.69) is 9.72 Å². The first kappa shape index (κ1) is 20.5. The van der Waals surface area contributed by atoms with Crippen molar-refractivity contribution in [2.45, 2.75) is 19.5 Å². The van der Waals surface area contributed by atoms with E-state index in [0.29, 0.717) is 5.56 Å². The summed E-state index contributed by atoms with van der Waals surface area (Å²) in [7, 11) is 0. The zero-order valence-electron chi connectivity index (χ0n) is 15.8. The molecule has 29 heavy (non-hydrogen) atoms. The van der Waals surface area contributed by atoms with Gasteiger partial charge in [0.2, 0.25) is 5.76 Å². The predicted octanol–water partition coefficient (Wildman–Crippen LogP) is 5.24. The Hall–Kier alpha value is -3.22. The van der Waals surface area contributed by atoms with Gasteiger partial charge in [0.1, 0.15) is 0 Å². The molecule has 3 rings (SSSR count). The van der Waals surface area contributed by atoms with Crippen LogP contribution in [0, 0.1) is 0 Å². The standard InChI is InChI=1S/C22H20F3NO3/c1-2-28-21(27)20(29-14-22(23,24)25)12-16-8-9-19-17(10-16)13-18(26-19)11-15-6-4-3-5-7-15/h3-10,12-13,26H,2,11,14H2,1H3/b20-12+. The van der Waals surface area contributed by atoms with Gasteiger partial charge in [-0.3, -0.25) is 0 Å². The second-order valence-corrected chi connectivity index (χ2v) is 6.44. The van der Waals surface area contributed by atoms with Crippen LogP contribution in [0.5, 0.6) is 0 Å². The molecule has 0 fully saturated rings. The van der Waals surface area contributed by atoms with E-state index in [4.69, 9.17) is 4.74 Å². The molecular formula is C22H20F3NO3. The summed E-state index contributed by atoms with van der Waals surface area (Å²) in [5.41, 5.74) is 3.59. The SMILES string of the molecule is CCOC(=O)/C(=C\c1ccc2[nH]c(Cc3ccccc3)cc2c1)OCC(F)(F)F. The van der Waals surface area contributed by atoms with Crippen molar-refractivity contribution >= 4 is 22.9 Å². The predicted molar refractivity (Wildman–Crippen MR) is 104 cm³/mol. The summed E-state index contributed by atoms with van der Waals surface area (Å²) in [6.45, 7) is 0.0376. The van der Waals surface area contributed by atoms with Crippen molar-refractivity contribution in [1.82, 2.24) is 4.98 Å². The molecule has 0 radical (unpaired) electrons. The topological polar surface area (TPSA) is 51.3 Å². The third-order valence-electron chi connectivity index (χ3n) is 4.10. The number of alkyl halides is 3. The normalized spacial score (nSPS) is 12.2. The average molecular weight is 403 g/mol. The van der Waals surface area contributed by atoms with E-state index < -0.39 is 24.5 Å². The third kappa shape index (κ3) is 5.88. The van der Waals surface area contributed by atoms with Gasteiger partial charge in [0, 0.05) is 23.0 Å². The van der Waals surface area contributed by atoms with Gasteiger partial charge in [-0.2, -0.15) is 13.2 Å². The Bertz CT molecular complexity index is 1010. The minimum Gasteiger partial charge on any atom is -0.477 e. The first-order valence-electron chi connectivity index (χ1n) is 9.08. The summed E-state index contributed by atoms with van der Waals surface area (Å²) < 4.78 is 46.9. The molecule has 0 aliphatic carbocycles. The van der Waals surface area contributed by atoms with E-state index >= 15 is 0 Å². The van der Waals surface area contributed by atoms with Crippen LogP contribution >= 0.6 is 0 Å². The minimum absolute atomic E-state index is 0.0330. The molecule has 0 spiro atoms.